The van der Waals surface area contributed by atoms with E-state index in [1.165, 1.54) is 18.3 Å². The van der Waals surface area contributed by atoms with Gasteiger partial charge < -0.3 is 4.98 Å². The first-order valence-electron chi connectivity index (χ1n) is 9.46. The lowest BCUT2D eigenvalue weighted by atomic mass is 10.0. The van der Waals surface area contributed by atoms with Gasteiger partial charge in [-0.3, -0.25) is 25.4 Å². The van der Waals surface area contributed by atoms with Crippen molar-refractivity contribution in [2.24, 2.45) is 0 Å². The molecule has 30 heavy (non-hydrogen) atoms. The maximum Gasteiger partial charge on any atom is 0.271 e. The van der Waals surface area contributed by atoms with Crippen LogP contribution in [0.1, 0.15) is 22.3 Å². The zero-order valence-corrected chi connectivity index (χ0v) is 16.0. The normalized spacial score (nSPS) is 10.7. The minimum Gasteiger partial charge on any atom is -0.354 e. The van der Waals surface area contributed by atoms with Crippen molar-refractivity contribution in [3.63, 3.8) is 0 Å². The third-order valence-corrected chi connectivity index (χ3v) is 4.77. The van der Waals surface area contributed by atoms with E-state index in [2.05, 4.69) is 20.8 Å². The molecule has 0 fully saturated rings. The predicted molar refractivity (Wildman–Crippen MR) is 112 cm³/mol. The Morgan fingerprint density at radius 3 is 2.60 bits per heavy atom. The minimum atomic E-state index is -0.449. The maximum absolute atomic E-state index is 13.9. The number of nitrogens with zero attached hydrogens (tertiary/aromatic N) is 1. The number of hydrogen-bond donors (Lipinski definition) is 3. The molecule has 4 aromatic rings. The summed E-state index contributed by atoms with van der Waals surface area (Å²) in [4.78, 5) is 31.5. The van der Waals surface area contributed by atoms with Crippen LogP contribution in [0.2, 0.25) is 0 Å². The van der Waals surface area contributed by atoms with E-state index in [4.69, 9.17) is 0 Å². The highest BCUT2D eigenvalue weighted by atomic mass is 19.1. The van der Waals surface area contributed by atoms with Crippen LogP contribution in [0.4, 0.5) is 4.39 Å². The maximum atomic E-state index is 13.9. The van der Waals surface area contributed by atoms with Crippen molar-refractivity contribution in [2.45, 2.75) is 12.8 Å². The topological polar surface area (TPSA) is 86.9 Å². The smallest absolute Gasteiger partial charge is 0.271 e. The van der Waals surface area contributed by atoms with Crippen LogP contribution in [0.25, 0.3) is 22.2 Å². The Bertz CT molecular complexity index is 1190. The van der Waals surface area contributed by atoms with E-state index in [9.17, 15) is 14.0 Å². The molecule has 7 heteroatoms. The molecule has 0 bridgehead atoms. The van der Waals surface area contributed by atoms with Crippen molar-refractivity contribution in [1.82, 2.24) is 20.8 Å². The molecular weight excluding hydrogens is 383 g/mol. The predicted octanol–water partition coefficient (Wildman–Crippen LogP) is 3.76. The monoisotopic (exact) mass is 402 g/mol. The molecule has 0 atom stereocenters. The number of aryl methyl sites for hydroxylation is 1. The zero-order chi connectivity index (χ0) is 20.9. The Balaban J connectivity index is 1.50. The van der Waals surface area contributed by atoms with E-state index in [0.717, 1.165) is 27.7 Å². The lowest BCUT2D eigenvalue weighted by molar-refractivity contribution is -0.121. The summed E-state index contributed by atoms with van der Waals surface area (Å²) in [6, 6.07) is 17.5. The number of hydrazine groups is 1. The summed E-state index contributed by atoms with van der Waals surface area (Å²) in [5.74, 6) is -1.14. The average Bonchev–Trinajstić information content (AvgIpc) is 3.14. The Hall–Kier alpha value is -4.00. The summed E-state index contributed by atoms with van der Waals surface area (Å²) in [7, 11) is 0. The van der Waals surface area contributed by atoms with Crippen LogP contribution >= 0.6 is 0 Å². The van der Waals surface area contributed by atoms with Gasteiger partial charge in [0, 0.05) is 35.4 Å². The van der Waals surface area contributed by atoms with Gasteiger partial charge in [0.05, 0.1) is 5.56 Å². The number of aromatic amines is 1. The van der Waals surface area contributed by atoms with Gasteiger partial charge in [0.25, 0.3) is 5.91 Å². The van der Waals surface area contributed by atoms with Crippen LogP contribution in [-0.2, 0) is 11.2 Å². The summed E-state index contributed by atoms with van der Waals surface area (Å²) in [5.41, 5.74) is 8.59. The van der Waals surface area contributed by atoms with Crippen LogP contribution < -0.4 is 10.9 Å². The van der Waals surface area contributed by atoms with Crippen molar-refractivity contribution < 1.29 is 14.0 Å². The largest absolute Gasteiger partial charge is 0.354 e. The fraction of sp³-hybridized carbons (Fsp3) is 0.0870. The highest BCUT2D eigenvalue weighted by Gasteiger charge is 2.15. The van der Waals surface area contributed by atoms with Crippen LogP contribution in [-0.4, -0.2) is 21.8 Å². The Labute approximate surface area is 172 Å². The average molecular weight is 402 g/mol. The third kappa shape index (κ3) is 4.20. The number of H-pyrrole nitrogens is 1. The van der Waals surface area contributed by atoms with Crippen LogP contribution in [0, 0.1) is 5.82 Å². The van der Waals surface area contributed by atoms with Gasteiger partial charge in [-0.1, -0.05) is 30.3 Å². The summed E-state index contributed by atoms with van der Waals surface area (Å²) in [6.45, 7) is 0. The number of rotatable bonds is 5. The summed E-state index contributed by atoms with van der Waals surface area (Å²) in [6.07, 6.45) is 3.47. The number of fused-ring (bicyclic) bond motifs is 1. The number of nitrogens with one attached hydrogen (secondary N) is 3. The molecule has 0 unspecified atom stereocenters. The molecule has 0 saturated heterocycles. The number of pyridine rings is 1. The first kappa shape index (κ1) is 19.3. The van der Waals surface area contributed by atoms with E-state index >= 15 is 0 Å². The molecule has 0 saturated carbocycles. The van der Waals surface area contributed by atoms with Crippen molar-refractivity contribution in [3.8, 4) is 11.3 Å². The van der Waals surface area contributed by atoms with Crippen LogP contribution in [0.5, 0.6) is 0 Å². The number of carbonyl (C=O) groups excluding carboxylic acids is 2. The molecule has 2 amide bonds. The number of aromatic nitrogens is 2. The number of hydrogen-bond acceptors (Lipinski definition) is 3. The second kappa shape index (κ2) is 8.57. The standard InChI is InChI=1S/C23H19FN4O2/c24-17-8-10-20-19(13-17)18(22(26-20)15-5-2-1-3-6-15)9-11-21(29)27-28-23(30)16-7-4-12-25-14-16/h1-8,10,12-14,26H,9,11H2,(H,27,29)(H,28,30). The second-order valence-corrected chi connectivity index (χ2v) is 6.78. The molecule has 0 aliphatic carbocycles. The molecule has 150 valence electrons. The first-order valence-corrected chi connectivity index (χ1v) is 9.46. The number of halogens is 1. The van der Waals surface area contributed by atoms with Gasteiger partial charge in [-0.05, 0) is 47.9 Å². The number of amides is 2. The van der Waals surface area contributed by atoms with Gasteiger partial charge in [0.2, 0.25) is 5.91 Å². The van der Waals surface area contributed by atoms with Crippen LogP contribution in [0.3, 0.4) is 0 Å². The van der Waals surface area contributed by atoms with Gasteiger partial charge in [-0.15, -0.1) is 0 Å². The van der Waals surface area contributed by atoms with Crippen molar-refractivity contribution >= 4 is 22.7 Å². The highest BCUT2D eigenvalue weighted by Crippen LogP contribution is 2.31. The minimum absolute atomic E-state index is 0.122. The van der Waals surface area contributed by atoms with E-state index in [-0.39, 0.29) is 18.1 Å². The van der Waals surface area contributed by atoms with Crippen LogP contribution in [0.15, 0.2) is 73.1 Å². The Kier molecular flexibility index (Phi) is 5.52. The van der Waals surface area contributed by atoms with E-state index in [1.807, 2.05) is 30.3 Å². The van der Waals surface area contributed by atoms with E-state index < -0.39 is 5.91 Å². The number of carbonyl (C=O) groups is 2. The third-order valence-electron chi connectivity index (χ3n) is 4.77. The quantitative estimate of drug-likeness (QED) is 0.444. The van der Waals surface area contributed by atoms with Crippen molar-refractivity contribution in [1.29, 1.82) is 0 Å². The van der Waals surface area contributed by atoms with Gasteiger partial charge in [-0.25, -0.2) is 4.39 Å². The zero-order valence-electron chi connectivity index (χ0n) is 16.0. The van der Waals surface area contributed by atoms with Gasteiger partial charge >= 0.3 is 0 Å². The molecule has 6 nitrogen and oxygen atoms in total. The molecule has 0 spiro atoms. The molecule has 3 N–H and O–H groups in total. The van der Waals surface area contributed by atoms with Gasteiger partial charge in [-0.2, -0.15) is 0 Å². The van der Waals surface area contributed by atoms with Gasteiger partial charge in [0.1, 0.15) is 5.82 Å². The lowest BCUT2D eigenvalue weighted by Gasteiger charge is -2.08. The lowest BCUT2D eigenvalue weighted by Crippen LogP contribution is -2.41. The second-order valence-electron chi connectivity index (χ2n) is 6.78. The first-order chi connectivity index (χ1) is 14.6. The molecule has 2 heterocycles. The Morgan fingerprint density at radius 2 is 1.83 bits per heavy atom. The van der Waals surface area contributed by atoms with E-state index in [1.54, 1.807) is 24.4 Å². The molecule has 4 rings (SSSR count). The molecule has 2 aromatic carbocycles. The van der Waals surface area contributed by atoms with Crippen molar-refractivity contribution in [2.75, 3.05) is 0 Å². The van der Waals surface area contributed by atoms with E-state index in [0.29, 0.717) is 12.0 Å². The molecule has 0 aliphatic heterocycles. The van der Waals surface area contributed by atoms with Crippen molar-refractivity contribution in [3.05, 3.63) is 90.0 Å². The molecule has 0 aliphatic rings. The fourth-order valence-electron chi connectivity index (χ4n) is 3.33. The molecular formula is C23H19FN4O2. The molecule has 2 aromatic heterocycles. The highest BCUT2D eigenvalue weighted by molar-refractivity contribution is 5.95. The SMILES string of the molecule is O=C(CCc1c(-c2ccccc2)[nH]c2ccc(F)cc12)NNC(=O)c1cccnc1. The number of benzene rings is 2. The summed E-state index contributed by atoms with van der Waals surface area (Å²) < 4.78 is 13.9. The summed E-state index contributed by atoms with van der Waals surface area (Å²) >= 11 is 0. The molecule has 0 radical (unpaired) electrons. The summed E-state index contributed by atoms with van der Waals surface area (Å²) in [5, 5.41) is 0.737. The fourth-order valence-corrected chi connectivity index (χ4v) is 3.33. The van der Waals surface area contributed by atoms with Gasteiger partial charge in [0.15, 0.2) is 0 Å². The Morgan fingerprint density at radius 1 is 1.00 bits per heavy atom.